The number of aliphatic hydroxyl groups excluding tert-OH is 1. The zero-order valence-corrected chi connectivity index (χ0v) is 11.5. The predicted octanol–water partition coefficient (Wildman–Crippen LogP) is 2.13. The van der Waals surface area contributed by atoms with Gasteiger partial charge in [0.1, 0.15) is 0 Å². The molecule has 1 aromatic carbocycles. The molecule has 1 amide bonds. The maximum absolute atomic E-state index is 11.8. The second kappa shape index (κ2) is 7.03. The largest absolute Gasteiger partial charge is 0.387 e. The molecule has 1 unspecified atom stereocenters. The summed E-state index contributed by atoms with van der Waals surface area (Å²) in [5.74, 6) is -0.163. The summed E-state index contributed by atoms with van der Waals surface area (Å²) in [5.41, 5.74) is 1.44. The van der Waals surface area contributed by atoms with Crippen molar-refractivity contribution in [2.75, 3.05) is 6.54 Å². The number of nitrogens with zero attached hydrogens (tertiary/aromatic N) is 1. The molecule has 2 aromatic rings. The standard InChI is InChI=1S/C15H15ClN2O2/c16-13-6-2-1-5-12(13)14(19)10-18-15(20)8-11-4-3-7-17-9-11/h1-7,9,14,19H,8,10H2,(H,18,20). The van der Waals surface area contributed by atoms with Gasteiger partial charge in [-0.1, -0.05) is 35.9 Å². The van der Waals surface area contributed by atoms with Crippen LogP contribution in [0.15, 0.2) is 48.8 Å². The lowest BCUT2D eigenvalue weighted by Crippen LogP contribution is -2.29. The molecule has 0 saturated heterocycles. The van der Waals surface area contributed by atoms with Gasteiger partial charge < -0.3 is 10.4 Å². The van der Waals surface area contributed by atoms with E-state index in [-0.39, 0.29) is 18.9 Å². The van der Waals surface area contributed by atoms with E-state index < -0.39 is 6.10 Å². The maximum atomic E-state index is 11.8. The van der Waals surface area contributed by atoms with Crippen LogP contribution in [-0.2, 0) is 11.2 Å². The summed E-state index contributed by atoms with van der Waals surface area (Å²) in [5, 5.41) is 13.2. The number of aromatic nitrogens is 1. The first-order valence-corrected chi connectivity index (χ1v) is 6.62. The van der Waals surface area contributed by atoms with Gasteiger partial charge in [0.05, 0.1) is 12.5 Å². The highest BCUT2D eigenvalue weighted by molar-refractivity contribution is 6.31. The first-order chi connectivity index (χ1) is 9.66. The minimum absolute atomic E-state index is 0.128. The zero-order valence-electron chi connectivity index (χ0n) is 10.8. The van der Waals surface area contributed by atoms with Crippen LogP contribution in [0.25, 0.3) is 0 Å². The van der Waals surface area contributed by atoms with E-state index in [1.165, 1.54) is 0 Å². The molecule has 1 aromatic heterocycles. The predicted molar refractivity (Wildman–Crippen MR) is 77.4 cm³/mol. The van der Waals surface area contributed by atoms with Gasteiger partial charge in [0.15, 0.2) is 0 Å². The summed E-state index contributed by atoms with van der Waals surface area (Å²) < 4.78 is 0. The quantitative estimate of drug-likeness (QED) is 0.887. The van der Waals surface area contributed by atoms with Crippen LogP contribution in [0.4, 0.5) is 0 Å². The number of aliphatic hydroxyl groups is 1. The molecule has 1 atom stereocenters. The Bertz CT molecular complexity index is 575. The Morgan fingerprint density at radius 2 is 2.10 bits per heavy atom. The van der Waals surface area contributed by atoms with Crippen molar-refractivity contribution < 1.29 is 9.90 Å². The molecule has 0 fully saturated rings. The second-order valence-electron chi connectivity index (χ2n) is 4.38. The van der Waals surface area contributed by atoms with Crippen molar-refractivity contribution in [1.29, 1.82) is 0 Å². The van der Waals surface area contributed by atoms with Gasteiger partial charge >= 0.3 is 0 Å². The minimum atomic E-state index is -0.818. The summed E-state index contributed by atoms with van der Waals surface area (Å²) in [6.07, 6.45) is 2.72. The number of carbonyl (C=O) groups is 1. The van der Waals surface area contributed by atoms with Crippen molar-refractivity contribution in [3.63, 3.8) is 0 Å². The Labute approximate surface area is 122 Å². The topological polar surface area (TPSA) is 62.2 Å². The number of carbonyl (C=O) groups excluding carboxylic acids is 1. The van der Waals surface area contributed by atoms with Crippen molar-refractivity contribution in [3.05, 3.63) is 64.9 Å². The molecule has 0 saturated carbocycles. The highest BCUT2D eigenvalue weighted by atomic mass is 35.5. The fraction of sp³-hybridized carbons (Fsp3) is 0.200. The van der Waals surface area contributed by atoms with Gasteiger partial charge in [-0.15, -0.1) is 0 Å². The van der Waals surface area contributed by atoms with Crippen LogP contribution in [0, 0.1) is 0 Å². The monoisotopic (exact) mass is 290 g/mol. The van der Waals surface area contributed by atoms with E-state index in [2.05, 4.69) is 10.3 Å². The molecule has 1 heterocycles. The van der Waals surface area contributed by atoms with E-state index in [1.807, 2.05) is 6.07 Å². The third-order valence-electron chi connectivity index (χ3n) is 2.84. The van der Waals surface area contributed by atoms with Crippen LogP contribution < -0.4 is 5.32 Å². The molecule has 2 N–H and O–H groups in total. The molecule has 0 aliphatic heterocycles. The van der Waals surface area contributed by atoms with Crippen molar-refractivity contribution in [1.82, 2.24) is 10.3 Å². The maximum Gasteiger partial charge on any atom is 0.224 e. The summed E-state index contributed by atoms with van der Waals surface area (Å²) in [6, 6.07) is 10.6. The Morgan fingerprint density at radius 3 is 2.80 bits per heavy atom. The fourth-order valence-electron chi connectivity index (χ4n) is 1.82. The van der Waals surface area contributed by atoms with Crippen LogP contribution in [0.3, 0.4) is 0 Å². The molecule has 0 aliphatic rings. The lowest BCUT2D eigenvalue weighted by atomic mass is 10.1. The van der Waals surface area contributed by atoms with Crippen LogP contribution in [0.1, 0.15) is 17.2 Å². The first-order valence-electron chi connectivity index (χ1n) is 6.25. The minimum Gasteiger partial charge on any atom is -0.387 e. The summed E-state index contributed by atoms with van der Waals surface area (Å²) in [7, 11) is 0. The fourth-order valence-corrected chi connectivity index (χ4v) is 2.08. The van der Waals surface area contributed by atoms with Gasteiger partial charge in [0, 0.05) is 29.5 Å². The van der Waals surface area contributed by atoms with E-state index in [0.29, 0.717) is 10.6 Å². The van der Waals surface area contributed by atoms with Gasteiger partial charge in [-0.05, 0) is 17.7 Å². The number of hydrogen-bond donors (Lipinski definition) is 2. The van der Waals surface area contributed by atoms with Crippen molar-refractivity contribution >= 4 is 17.5 Å². The summed E-state index contributed by atoms with van der Waals surface area (Å²) in [4.78, 5) is 15.7. The van der Waals surface area contributed by atoms with Crippen molar-refractivity contribution in [3.8, 4) is 0 Å². The Balaban J connectivity index is 1.86. The third-order valence-corrected chi connectivity index (χ3v) is 3.19. The average Bonchev–Trinajstić information content (AvgIpc) is 2.46. The number of nitrogens with one attached hydrogen (secondary N) is 1. The Hall–Kier alpha value is -1.91. The van der Waals surface area contributed by atoms with Gasteiger partial charge in [0.25, 0.3) is 0 Å². The van der Waals surface area contributed by atoms with Crippen LogP contribution in [0.2, 0.25) is 5.02 Å². The lowest BCUT2D eigenvalue weighted by molar-refractivity contribution is -0.120. The molecular formula is C15H15ClN2O2. The van der Waals surface area contributed by atoms with Crippen LogP contribution >= 0.6 is 11.6 Å². The van der Waals surface area contributed by atoms with Gasteiger partial charge in [-0.3, -0.25) is 9.78 Å². The number of amides is 1. The Morgan fingerprint density at radius 1 is 1.30 bits per heavy atom. The third kappa shape index (κ3) is 4.05. The van der Waals surface area contributed by atoms with Gasteiger partial charge in [-0.25, -0.2) is 0 Å². The molecule has 2 rings (SSSR count). The van der Waals surface area contributed by atoms with E-state index in [1.54, 1.807) is 42.7 Å². The molecule has 4 nitrogen and oxygen atoms in total. The molecule has 0 spiro atoms. The van der Waals surface area contributed by atoms with E-state index in [9.17, 15) is 9.90 Å². The van der Waals surface area contributed by atoms with E-state index in [4.69, 9.17) is 11.6 Å². The molecular weight excluding hydrogens is 276 g/mol. The first kappa shape index (κ1) is 14.5. The number of rotatable bonds is 5. The Kier molecular flexibility index (Phi) is 5.09. The normalized spacial score (nSPS) is 11.9. The van der Waals surface area contributed by atoms with E-state index in [0.717, 1.165) is 5.56 Å². The second-order valence-corrected chi connectivity index (χ2v) is 4.79. The molecule has 5 heteroatoms. The summed E-state index contributed by atoms with van der Waals surface area (Å²) in [6.45, 7) is 0.128. The average molecular weight is 291 g/mol. The number of benzene rings is 1. The van der Waals surface area contributed by atoms with Gasteiger partial charge in [0.2, 0.25) is 5.91 Å². The lowest BCUT2D eigenvalue weighted by Gasteiger charge is -2.13. The molecule has 0 aliphatic carbocycles. The highest BCUT2D eigenvalue weighted by Gasteiger charge is 2.12. The number of halogens is 1. The number of hydrogen-bond acceptors (Lipinski definition) is 3. The summed E-state index contributed by atoms with van der Waals surface area (Å²) >= 11 is 5.98. The van der Waals surface area contributed by atoms with Crippen LogP contribution in [-0.4, -0.2) is 22.5 Å². The zero-order chi connectivity index (χ0) is 14.4. The highest BCUT2D eigenvalue weighted by Crippen LogP contribution is 2.21. The van der Waals surface area contributed by atoms with E-state index >= 15 is 0 Å². The smallest absolute Gasteiger partial charge is 0.224 e. The van der Waals surface area contributed by atoms with Gasteiger partial charge in [-0.2, -0.15) is 0 Å². The molecule has 0 radical (unpaired) electrons. The number of pyridine rings is 1. The van der Waals surface area contributed by atoms with Crippen molar-refractivity contribution in [2.45, 2.75) is 12.5 Å². The SMILES string of the molecule is O=C(Cc1cccnc1)NCC(O)c1ccccc1Cl. The van der Waals surface area contributed by atoms with Crippen molar-refractivity contribution in [2.24, 2.45) is 0 Å². The molecule has 0 bridgehead atoms. The molecule has 104 valence electrons. The molecule has 20 heavy (non-hydrogen) atoms. The van der Waals surface area contributed by atoms with Crippen LogP contribution in [0.5, 0.6) is 0 Å².